The lowest BCUT2D eigenvalue weighted by Crippen LogP contribution is -2.34. The summed E-state index contributed by atoms with van der Waals surface area (Å²) >= 11 is 18.7. The van der Waals surface area contributed by atoms with Crippen LogP contribution in [0.2, 0.25) is 10.0 Å². The van der Waals surface area contributed by atoms with Gasteiger partial charge in [-0.05, 0) is 12.1 Å². The quantitative estimate of drug-likeness (QED) is 0.533. The maximum Gasteiger partial charge on any atom is 0.112 e. The first kappa shape index (κ1) is 10.9. The van der Waals surface area contributed by atoms with Crippen molar-refractivity contribution in [2.24, 2.45) is 0 Å². The Bertz CT molecular complexity index is 338. The Morgan fingerprint density at radius 2 is 1.29 bits per heavy atom. The van der Waals surface area contributed by atoms with Crippen LogP contribution < -0.4 is 10.6 Å². The van der Waals surface area contributed by atoms with Crippen molar-refractivity contribution in [1.82, 2.24) is 0 Å². The number of nitrogens with one attached hydrogen (secondary N) is 2. The van der Waals surface area contributed by atoms with Crippen molar-refractivity contribution in [3.8, 4) is 0 Å². The number of anilines is 2. The van der Waals surface area contributed by atoms with Crippen LogP contribution >= 0.6 is 55.1 Å². The fraction of sp³-hybridized carbons (Fsp3) is 0.250. The van der Waals surface area contributed by atoms with Gasteiger partial charge in [-0.1, -0.05) is 55.1 Å². The Balaban J connectivity index is 2.42. The van der Waals surface area contributed by atoms with E-state index in [1.807, 2.05) is 0 Å². The first-order valence-electron chi connectivity index (χ1n) is 3.88. The molecule has 0 radical (unpaired) electrons. The van der Waals surface area contributed by atoms with Crippen molar-refractivity contribution < 1.29 is 0 Å². The molecule has 1 aromatic carbocycles. The van der Waals surface area contributed by atoms with E-state index >= 15 is 0 Å². The van der Waals surface area contributed by atoms with Crippen LogP contribution in [0.1, 0.15) is 0 Å². The number of alkyl halides is 2. The Morgan fingerprint density at radius 1 is 0.929 bits per heavy atom. The SMILES string of the molecule is Clc1cc2c(cc1Cl)N[C@@H](Br)[C@H](Br)N2. The Kier molecular flexibility index (Phi) is 3.17. The van der Waals surface area contributed by atoms with Gasteiger partial charge in [0.25, 0.3) is 0 Å². The maximum absolute atomic E-state index is 5.90. The third-order valence-corrected chi connectivity index (χ3v) is 4.85. The van der Waals surface area contributed by atoms with Gasteiger partial charge in [0.05, 0.1) is 21.4 Å². The predicted molar refractivity (Wildman–Crippen MR) is 69.1 cm³/mol. The van der Waals surface area contributed by atoms with Crippen LogP contribution in [0.15, 0.2) is 12.1 Å². The molecule has 0 amide bonds. The zero-order chi connectivity index (χ0) is 10.3. The molecule has 0 fully saturated rings. The fourth-order valence-corrected chi connectivity index (χ4v) is 2.31. The average molecular weight is 361 g/mol. The zero-order valence-corrected chi connectivity index (χ0v) is 11.5. The molecule has 76 valence electrons. The summed E-state index contributed by atoms with van der Waals surface area (Å²) < 4.78 is 0. The van der Waals surface area contributed by atoms with Crippen molar-refractivity contribution in [3.63, 3.8) is 0 Å². The molecule has 0 saturated heterocycles. The number of halogens is 4. The van der Waals surface area contributed by atoms with Gasteiger partial charge in [-0.2, -0.15) is 0 Å². The molecule has 1 heterocycles. The number of rotatable bonds is 0. The lowest BCUT2D eigenvalue weighted by atomic mass is 10.2. The molecule has 2 atom stereocenters. The predicted octanol–water partition coefficient (Wildman–Crippen LogP) is 4.27. The lowest BCUT2D eigenvalue weighted by molar-refractivity contribution is 0.955. The van der Waals surface area contributed by atoms with E-state index in [4.69, 9.17) is 23.2 Å². The molecule has 2 rings (SSSR count). The van der Waals surface area contributed by atoms with Gasteiger partial charge in [-0.25, -0.2) is 0 Å². The molecule has 1 aliphatic rings. The zero-order valence-electron chi connectivity index (χ0n) is 6.82. The van der Waals surface area contributed by atoms with Crippen molar-refractivity contribution in [2.45, 2.75) is 9.90 Å². The second kappa shape index (κ2) is 4.08. The smallest absolute Gasteiger partial charge is 0.112 e. The van der Waals surface area contributed by atoms with E-state index in [0.29, 0.717) is 10.0 Å². The molecular weight excluding hydrogens is 355 g/mol. The van der Waals surface area contributed by atoms with Gasteiger partial charge in [0.1, 0.15) is 9.90 Å². The Hall–Kier alpha value is 0.360. The molecule has 0 aliphatic carbocycles. The highest BCUT2D eigenvalue weighted by Gasteiger charge is 2.23. The molecule has 6 heteroatoms. The van der Waals surface area contributed by atoms with Gasteiger partial charge in [0.2, 0.25) is 0 Å². The summed E-state index contributed by atoms with van der Waals surface area (Å²) in [6.45, 7) is 0. The van der Waals surface area contributed by atoms with E-state index in [9.17, 15) is 0 Å². The molecule has 14 heavy (non-hydrogen) atoms. The number of fused-ring (bicyclic) bond motifs is 1. The third-order valence-electron chi connectivity index (χ3n) is 1.90. The molecule has 1 aromatic rings. The minimum absolute atomic E-state index is 0.118. The lowest BCUT2D eigenvalue weighted by Gasteiger charge is -2.29. The summed E-state index contributed by atoms with van der Waals surface area (Å²) in [6, 6.07) is 3.61. The van der Waals surface area contributed by atoms with E-state index in [1.54, 1.807) is 12.1 Å². The Morgan fingerprint density at radius 3 is 1.64 bits per heavy atom. The highest BCUT2D eigenvalue weighted by Crippen LogP contribution is 2.37. The summed E-state index contributed by atoms with van der Waals surface area (Å²) in [4.78, 5) is 0.236. The number of hydrogen-bond acceptors (Lipinski definition) is 2. The normalized spacial score (nSPS) is 24.9. The largest absolute Gasteiger partial charge is 0.369 e. The van der Waals surface area contributed by atoms with E-state index in [1.165, 1.54) is 0 Å². The van der Waals surface area contributed by atoms with Gasteiger partial charge in [0, 0.05) is 0 Å². The van der Waals surface area contributed by atoms with Crippen LogP contribution in [0.5, 0.6) is 0 Å². The van der Waals surface area contributed by atoms with Crippen molar-refractivity contribution in [1.29, 1.82) is 0 Å². The van der Waals surface area contributed by atoms with Crippen LogP contribution in [0.4, 0.5) is 11.4 Å². The van der Waals surface area contributed by atoms with Crippen LogP contribution in [-0.4, -0.2) is 9.90 Å². The van der Waals surface area contributed by atoms with Crippen LogP contribution in [0, 0.1) is 0 Å². The topological polar surface area (TPSA) is 24.1 Å². The van der Waals surface area contributed by atoms with Crippen LogP contribution in [-0.2, 0) is 0 Å². The molecule has 2 nitrogen and oxygen atoms in total. The number of hydrogen-bond donors (Lipinski definition) is 2. The van der Waals surface area contributed by atoms with Gasteiger partial charge in [0.15, 0.2) is 0 Å². The molecule has 1 aliphatic heterocycles. The van der Waals surface area contributed by atoms with Crippen molar-refractivity contribution in [2.75, 3.05) is 10.6 Å². The van der Waals surface area contributed by atoms with Gasteiger partial charge >= 0.3 is 0 Å². The highest BCUT2D eigenvalue weighted by atomic mass is 79.9. The van der Waals surface area contributed by atoms with Crippen LogP contribution in [0.3, 0.4) is 0 Å². The Labute approximate surface area is 109 Å². The fourth-order valence-electron chi connectivity index (χ4n) is 1.23. The summed E-state index contributed by atoms with van der Waals surface area (Å²) in [5.74, 6) is 0. The van der Waals surface area contributed by atoms with Gasteiger partial charge in [-0.15, -0.1) is 0 Å². The summed E-state index contributed by atoms with van der Waals surface area (Å²) in [5, 5.41) is 7.58. The average Bonchev–Trinajstić information content (AvgIpc) is 2.11. The van der Waals surface area contributed by atoms with Crippen molar-refractivity contribution in [3.05, 3.63) is 22.2 Å². The van der Waals surface area contributed by atoms with Crippen molar-refractivity contribution >= 4 is 66.4 Å². The van der Waals surface area contributed by atoms with Gasteiger partial charge in [-0.3, -0.25) is 0 Å². The molecule has 2 N–H and O–H groups in total. The molecule has 0 unspecified atom stereocenters. The highest BCUT2D eigenvalue weighted by molar-refractivity contribution is 9.12. The van der Waals surface area contributed by atoms with Gasteiger partial charge < -0.3 is 10.6 Å². The van der Waals surface area contributed by atoms with Crippen LogP contribution in [0.25, 0.3) is 0 Å². The minimum atomic E-state index is 0.118. The standard InChI is InChI=1S/C8H6Br2Cl2N2/c9-7-8(10)14-6-2-4(12)3(11)1-5(6)13-7/h1-2,7-8,13-14H/t7-,8-/m1/s1. The number of benzene rings is 1. The van der Waals surface area contributed by atoms with E-state index < -0.39 is 0 Å². The summed E-state index contributed by atoms with van der Waals surface area (Å²) in [5.41, 5.74) is 1.88. The summed E-state index contributed by atoms with van der Waals surface area (Å²) in [6.07, 6.45) is 0. The summed E-state index contributed by atoms with van der Waals surface area (Å²) in [7, 11) is 0. The first-order valence-corrected chi connectivity index (χ1v) is 6.47. The maximum atomic E-state index is 5.90. The second-order valence-corrected chi connectivity index (χ2v) is 5.69. The molecular formula is C8H6Br2Cl2N2. The molecule has 0 aromatic heterocycles. The minimum Gasteiger partial charge on any atom is -0.369 e. The molecule has 0 spiro atoms. The van der Waals surface area contributed by atoms with E-state index in [-0.39, 0.29) is 9.90 Å². The monoisotopic (exact) mass is 358 g/mol. The molecule has 0 saturated carbocycles. The molecule has 0 bridgehead atoms. The second-order valence-electron chi connectivity index (χ2n) is 2.90. The third kappa shape index (κ3) is 1.98. The van der Waals surface area contributed by atoms with E-state index in [0.717, 1.165) is 11.4 Å². The van der Waals surface area contributed by atoms with E-state index in [2.05, 4.69) is 42.5 Å². The first-order chi connectivity index (χ1) is 6.58.